The summed E-state index contributed by atoms with van der Waals surface area (Å²) in [6.45, 7) is 1.39. The Bertz CT molecular complexity index is 1130. The second kappa shape index (κ2) is 9.49. The number of rotatable bonds is 7. The largest absolute Gasteiger partial charge is 0.461 e. The Morgan fingerprint density at radius 2 is 1.81 bits per heavy atom. The van der Waals surface area contributed by atoms with Gasteiger partial charge in [0.15, 0.2) is 0 Å². The average molecular weight is 429 g/mol. The first-order valence-electron chi connectivity index (χ1n) is 11.1. The average Bonchev–Trinajstić information content (AvgIpc) is 3.11. The first-order chi connectivity index (χ1) is 15.5. The van der Waals surface area contributed by atoms with Crippen LogP contribution in [0.5, 0.6) is 0 Å². The number of esters is 1. The molecule has 0 saturated heterocycles. The van der Waals surface area contributed by atoms with Crippen molar-refractivity contribution in [1.29, 1.82) is 0 Å². The van der Waals surface area contributed by atoms with Crippen molar-refractivity contribution in [3.05, 3.63) is 96.1 Å². The molecule has 4 nitrogen and oxygen atoms in total. The number of carbonyl (C=O) groups is 2. The summed E-state index contributed by atoms with van der Waals surface area (Å²) in [5.74, 6) is -0.305. The highest BCUT2D eigenvalue weighted by Crippen LogP contribution is 2.45. The number of carbonyl (C=O) groups excluding carboxylic acids is 2. The third-order valence-corrected chi connectivity index (χ3v) is 6.28. The Morgan fingerprint density at radius 3 is 2.59 bits per heavy atom. The van der Waals surface area contributed by atoms with Crippen LogP contribution in [0, 0.1) is 0 Å². The van der Waals surface area contributed by atoms with Crippen molar-refractivity contribution in [2.75, 3.05) is 0 Å². The van der Waals surface area contributed by atoms with Crippen LogP contribution in [0.4, 0.5) is 0 Å². The highest BCUT2D eigenvalue weighted by molar-refractivity contribution is 5.91. The molecule has 0 heterocycles. The van der Waals surface area contributed by atoms with E-state index in [0.717, 1.165) is 21.9 Å². The molecule has 1 fully saturated rings. The van der Waals surface area contributed by atoms with E-state index in [0.29, 0.717) is 12.8 Å². The molecular formula is C28H28O4. The van der Waals surface area contributed by atoms with Gasteiger partial charge in [-0.2, -0.15) is 0 Å². The minimum absolute atomic E-state index is 0.0816. The van der Waals surface area contributed by atoms with Crippen LogP contribution in [0.2, 0.25) is 0 Å². The number of ether oxygens (including phenoxy) is 1. The van der Waals surface area contributed by atoms with Gasteiger partial charge in [0.2, 0.25) is 0 Å². The second-order valence-electron chi connectivity index (χ2n) is 8.49. The van der Waals surface area contributed by atoms with E-state index in [4.69, 9.17) is 4.74 Å². The molecular weight excluding hydrogens is 400 g/mol. The third-order valence-electron chi connectivity index (χ3n) is 6.28. The summed E-state index contributed by atoms with van der Waals surface area (Å²) in [5.41, 5.74) is 1.16. The highest BCUT2D eigenvalue weighted by Gasteiger charge is 2.49. The maximum absolute atomic E-state index is 12.6. The monoisotopic (exact) mass is 428 g/mol. The number of hydrogen-bond donors (Lipinski definition) is 1. The molecule has 4 heteroatoms. The molecule has 0 amide bonds. The molecule has 0 radical (unpaired) electrons. The zero-order valence-corrected chi connectivity index (χ0v) is 18.2. The Balaban J connectivity index is 1.67. The number of fused-ring (bicyclic) bond motifs is 1. The van der Waals surface area contributed by atoms with Gasteiger partial charge in [-0.05, 0) is 34.7 Å². The molecule has 32 heavy (non-hydrogen) atoms. The number of ketones is 1. The summed E-state index contributed by atoms with van der Waals surface area (Å²) in [7, 11) is 0. The van der Waals surface area contributed by atoms with E-state index < -0.39 is 17.6 Å². The quantitative estimate of drug-likeness (QED) is 0.402. The van der Waals surface area contributed by atoms with Crippen molar-refractivity contribution < 1.29 is 19.4 Å². The summed E-state index contributed by atoms with van der Waals surface area (Å²) in [6, 6.07) is 23.7. The number of allylic oxidation sites excluding steroid dienone is 1. The van der Waals surface area contributed by atoms with Gasteiger partial charge >= 0.3 is 5.97 Å². The Labute approximate surface area is 188 Å². The highest BCUT2D eigenvalue weighted by atomic mass is 16.5. The molecule has 3 atom stereocenters. The van der Waals surface area contributed by atoms with E-state index >= 15 is 0 Å². The van der Waals surface area contributed by atoms with Crippen molar-refractivity contribution in [2.45, 2.75) is 50.2 Å². The number of hydrogen-bond acceptors (Lipinski definition) is 4. The summed E-state index contributed by atoms with van der Waals surface area (Å²) in [4.78, 5) is 24.5. The standard InChI is InChI=1S/C28H28O4/c1-20(29)32-27-18-23(30)19-28(27,25-15-9-13-21-10-5-6-14-24(21)25)17-8-7-16-26(31)22-11-3-2-4-12-22/h2-6,8-15,17,26-27,31H,7,16,18-19H2,1H3/t26?,27-,28+/m1/s1. The maximum Gasteiger partial charge on any atom is 0.302 e. The Hall–Kier alpha value is -3.24. The van der Waals surface area contributed by atoms with Crippen molar-refractivity contribution in [2.24, 2.45) is 0 Å². The van der Waals surface area contributed by atoms with Crippen LogP contribution in [0.3, 0.4) is 0 Å². The summed E-state index contributed by atoms with van der Waals surface area (Å²) >= 11 is 0. The van der Waals surface area contributed by atoms with Gasteiger partial charge in [0.25, 0.3) is 0 Å². The van der Waals surface area contributed by atoms with Gasteiger partial charge < -0.3 is 9.84 Å². The minimum Gasteiger partial charge on any atom is -0.461 e. The van der Waals surface area contributed by atoms with E-state index in [1.54, 1.807) is 0 Å². The predicted octanol–water partition coefficient (Wildman–Crippen LogP) is 5.44. The number of Topliss-reactive ketones (excluding diaryl/α,β-unsaturated/α-hetero) is 1. The number of benzene rings is 3. The van der Waals surface area contributed by atoms with E-state index in [1.807, 2.05) is 84.9 Å². The molecule has 0 spiro atoms. The van der Waals surface area contributed by atoms with Crippen LogP contribution in [0.15, 0.2) is 84.9 Å². The molecule has 1 saturated carbocycles. The van der Waals surface area contributed by atoms with Gasteiger partial charge in [0.1, 0.15) is 11.9 Å². The normalized spacial score (nSPS) is 21.8. The van der Waals surface area contributed by atoms with Crippen molar-refractivity contribution in [1.82, 2.24) is 0 Å². The van der Waals surface area contributed by atoms with E-state index in [-0.39, 0.29) is 24.6 Å². The Morgan fingerprint density at radius 1 is 1.09 bits per heavy atom. The summed E-state index contributed by atoms with van der Waals surface area (Å²) in [5, 5.41) is 12.6. The van der Waals surface area contributed by atoms with Crippen LogP contribution >= 0.6 is 0 Å². The first kappa shape index (κ1) is 22.0. The van der Waals surface area contributed by atoms with E-state index in [1.165, 1.54) is 6.92 Å². The second-order valence-corrected chi connectivity index (χ2v) is 8.49. The molecule has 4 rings (SSSR count). The number of aliphatic hydroxyl groups is 1. The minimum atomic E-state index is -0.721. The zero-order valence-electron chi connectivity index (χ0n) is 18.2. The van der Waals surface area contributed by atoms with Crippen LogP contribution in [-0.2, 0) is 19.7 Å². The topological polar surface area (TPSA) is 63.6 Å². The van der Waals surface area contributed by atoms with Crippen LogP contribution in [-0.4, -0.2) is 23.0 Å². The summed E-state index contributed by atoms with van der Waals surface area (Å²) in [6.07, 6.45) is 4.66. The van der Waals surface area contributed by atoms with Crippen molar-refractivity contribution in [3.63, 3.8) is 0 Å². The fraction of sp³-hybridized carbons (Fsp3) is 0.286. The molecule has 1 aliphatic rings. The molecule has 0 bridgehead atoms. The van der Waals surface area contributed by atoms with E-state index in [2.05, 4.69) is 0 Å². The van der Waals surface area contributed by atoms with Gasteiger partial charge in [-0.15, -0.1) is 0 Å². The lowest BCUT2D eigenvalue weighted by atomic mass is 9.74. The van der Waals surface area contributed by atoms with Crippen LogP contribution in [0.25, 0.3) is 10.8 Å². The lowest BCUT2D eigenvalue weighted by Gasteiger charge is -2.33. The number of aliphatic hydroxyl groups excluding tert-OH is 1. The smallest absolute Gasteiger partial charge is 0.302 e. The van der Waals surface area contributed by atoms with Gasteiger partial charge in [0, 0.05) is 19.8 Å². The molecule has 164 valence electrons. The fourth-order valence-electron chi connectivity index (χ4n) is 4.79. The molecule has 0 aliphatic heterocycles. The van der Waals surface area contributed by atoms with Crippen LogP contribution in [0.1, 0.15) is 49.8 Å². The molecule has 1 aliphatic carbocycles. The molecule has 3 aromatic carbocycles. The van der Waals surface area contributed by atoms with Gasteiger partial charge in [0.05, 0.1) is 11.5 Å². The van der Waals surface area contributed by atoms with Crippen molar-refractivity contribution >= 4 is 22.5 Å². The lowest BCUT2D eigenvalue weighted by molar-refractivity contribution is -0.148. The third kappa shape index (κ3) is 4.51. The Kier molecular flexibility index (Phi) is 6.52. The van der Waals surface area contributed by atoms with Gasteiger partial charge in [-0.25, -0.2) is 0 Å². The molecule has 1 unspecified atom stereocenters. The lowest BCUT2D eigenvalue weighted by Crippen LogP contribution is -2.36. The van der Waals surface area contributed by atoms with Gasteiger partial charge in [-0.3, -0.25) is 9.59 Å². The predicted molar refractivity (Wildman–Crippen MR) is 125 cm³/mol. The van der Waals surface area contributed by atoms with Gasteiger partial charge in [-0.1, -0.05) is 84.9 Å². The fourth-order valence-corrected chi connectivity index (χ4v) is 4.79. The maximum atomic E-state index is 12.6. The molecule has 0 aromatic heterocycles. The zero-order chi connectivity index (χ0) is 22.6. The SMILES string of the molecule is CC(=O)O[C@@H]1CC(=O)C[C@@]1(C=CCCC(O)c1ccccc1)c1cccc2ccccc12. The molecule has 3 aromatic rings. The molecule has 1 N–H and O–H groups in total. The van der Waals surface area contributed by atoms with Crippen LogP contribution < -0.4 is 0 Å². The van der Waals surface area contributed by atoms with E-state index in [9.17, 15) is 14.7 Å². The summed E-state index contributed by atoms with van der Waals surface area (Å²) < 4.78 is 5.69. The van der Waals surface area contributed by atoms with Crippen molar-refractivity contribution in [3.8, 4) is 0 Å². The first-order valence-corrected chi connectivity index (χ1v) is 11.1.